The monoisotopic (exact) mass is 331 g/mol. The fraction of sp³-hybridized carbons (Fsp3) is 0. The van der Waals surface area contributed by atoms with Gasteiger partial charge in [-0.25, -0.2) is 0 Å². The molecule has 0 aliphatic rings. The van der Waals surface area contributed by atoms with Crippen molar-refractivity contribution in [2.24, 2.45) is 0 Å². The number of halogens is 4. The van der Waals surface area contributed by atoms with Gasteiger partial charge in [0.05, 0.1) is 0 Å². The molecule has 0 bridgehead atoms. The quantitative estimate of drug-likeness (QED) is 0.537. The Hall–Kier alpha value is 3.63. The van der Waals surface area contributed by atoms with E-state index in [1.807, 2.05) is 0 Å². The van der Waals surface area contributed by atoms with E-state index in [0.29, 0.717) is 0 Å². The molecule has 0 saturated carbocycles. The molecule has 0 rings (SSSR count). The minimum atomic E-state index is -2.81. The van der Waals surface area contributed by atoms with E-state index in [0.717, 1.165) is 0 Å². The maximum atomic E-state index is 4.98. The fourth-order valence-corrected chi connectivity index (χ4v) is 0. The molecular formula is Cl4PdRb. The zero-order chi connectivity index (χ0) is 4.50. The van der Waals surface area contributed by atoms with Gasteiger partial charge in [-0.1, -0.05) is 0 Å². The molecular weight excluding hydrogens is 334 g/mol. The molecule has 39 valence electrons. The first-order valence-electron chi connectivity index (χ1n) is 0.478. The SMILES string of the molecule is [Cl][Pd-]([Cl])([Cl])[Cl].[Rb+]. The van der Waals surface area contributed by atoms with Gasteiger partial charge in [0.2, 0.25) is 0 Å². The minimum Gasteiger partial charge on any atom is 1.00 e. The minimum absolute atomic E-state index is 0. The Morgan fingerprint density at radius 2 is 0.833 bits per heavy atom. The molecule has 0 atom stereocenters. The van der Waals surface area contributed by atoms with Crippen molar-refractivity contribution in [2.75, 3.05) is 0 Å². The summed E-state index contributed by atoms with van der Waals surface area (Å²) in [6.45, 7) is 0. The van der Waals surface area contributed by atoms with Crippen molar-refractivity contribution in [3.8, 4) is 0 Å². The van der Waals surface area contributed by atoms with E-state index in [2.05, 4.69) is 0 Å². The summed E-state index contributed by atoms with van der Waals surface area (Å²) >= 11 is -2.81. The summed E-state index contributed by atoms with van der Waals surface area (Å²) in [6, 6.07) is 0. The summed E-state index contributed by atoms with van der Waals surface area (Å²) in [6.07, 6.45) is 0. The molecule has 0 aromatic heterocycles. The van der Waals surface area contributed by atoms with Gasteiger partial charge in [-0.2, -0.15) is 0 Å². The molecule has 0 nitrogen and oxygen atoms in total. The Labute approximate surface area is 105 Å². The third-order valence-corrected chi connectivity index (χ3v) is 0. The largest absolute Gasteiger partial charge is 1.00 e. The van der Waals surface area contributed by atoms with Gasteiger partial charge < -0.3 is 0 Å². The average Bonchev–Trinajstić information content (AvgIpc) is 0.722. The molecule has 0 aromatic rings. The summed E-state index contributed by atoms with van der Waals surface area (Å²) in [5.41, 5.74) is 0. The van der Waals surface area contributed by atoms with Gasteiger partial charge >= 0.3 is 108 Å². The molecule has 6 heavy (non-hydrogen) atoms. The van der Waals surface area contributed by atoms with Crippen LogP contribution in [0.3, 0.4) is 0 Å². The van der Waals surface area contributed by atoms with Crippen LogP contribution in [0.25, 0.3) is 0 Å². The molecule has 0 fully saturated rings. The van der Waals surface area contributed by atoms with Crippen molar-refractivity contribution in [2.45, 2.75) is 0 Å². The second kappa shape index (κ2) is 5.42. The first-order chi connectivity index (χ1) is 2.00. The Kier molecular flexibility index (Phi) is 11.1. The van der Waals surface area contributed by atoms with Crippen LogP contribution in [0.2, 0.25) is 0 Å². The van der Waals surface area contributed by atoms with Crippen molar-refractivity contribution < 1.29 is 69.6 Å². The van der Waals surface area contributed by atoms with Gasteiger partial charge in [0.15, 0.2) is 0 Å². The number of rotatable bonds is 0. The molecule has 0 amide bonds. The van der Waals surface area contributed by atoms with Crippen molar-refractivity contribution >= 4 is 38.1 Å². The summed E-state index contributed by atoms with van der Waals surface area (Å²) in [4.78, 5) is 0. The summed E-state index contributed by atoms with van der Waals surface area (Å²) in [7, 11) is 19.9. The molecule has 0 unspecified atom stereocenters. The molecule has 0 heterocycles. The van der Waals surface area contributed by atoms with Gasteiger partial charge in [-0.05, 0) is 0 Å². The third-order valence-electron chi connectivity index (χ3n) is 0. The van der Waals surface area contributed by atoms with Crippen LogP contribution < -0.4 is 58.2 Å². The zero-order valence-corrected chi connectivity index (χ0v) is 12.3. The Balaban J connectivity index is 0. The van der Waals surface area contributed by atoms with Crippen molar-refractivity contribution in [1.29, 1.82) is 0 Å². The van der Waals surface area contributed by atoms with E-state index < -0.39 is 11.5 Å². The summed E-state index contributed by atoms with van der Waals surface area (Å²) < 4.78 is 0. The van der Waals surface area contributed by atoms with Crippen LogP contribution in [-0.2, 0) is 11.5 Å². The van der Waals surface area contributed by atoms with Gasteiger partial charge in [0, 0.05) is 0 Å². The van der Waals surface area contributed by atoms with E-state index in [1.54, 1.807) is 0 Å². The van der Waals surface area contributed by atoms with E-state index >= 15 is 0 Å². The number of hydrogen-bond donors (Lipinski definition) is 0. The Morgan fingerprint density at radius 3 is 0.833 bits per heavy atom. The van der Waals surface area contributed by atoms with Crippen LogP contribution in [0.1, 0.15) is 0 Å². The molecule has 0 radical (unpaired) electrons. The van der Waals surface area contributed by atoms with Gasteiger partial charge in [0.1, 0.15) is 0 Å². The molecule has 0 aromatic carbocycles. The summed E-state index contributed by atoms with van der Waals surface area (Å²) in [5, 5.41) is 0. The first-order valence-corrected chi connectivity index (χ1v) is 8.49. The first kappa shape index (κ1) is 12.3. The van der Waals surface area contributed by atoms with Gasteiger partial charge in [0.25, 0.3) is 0 Å². The van der Waals surface area contributed by atoms with Crippen molar-refractivity contribution in [3.05, 3.63) is 0 Å². The molecule has 0 N–H and O–H groups in total. The summed E-state index contributed by atoms with van der Waals surface area (Å²) in [5.74, 6) is 0. The normalized spacial score (nSPS) is 12.7. The fourth-order valence-electron chi connectivity index (χ4n) is 0. The molecule has 0 aliphatic carbocycles. The smallest absolute Gasteiger partial charge is 1.00 e. The second-order valence-corrected chi connectivity index (χ2v) is 14.4. The maximum absolute atomic E-state index is 4.98. The predicted molar refractivity (Wildman–Crippen MR) is 23.4 cm³/mol. The topological polar surface area (TPSA) is 0 Å². The van der Waals surface area contributed by atoms with Crippen molar-refractivity contribution in [1.82, 2.24) is 0 Å². The standard InChI is InChI=1S/4ClH.Pd.Rb/h4*1H;;/q;;;;+3;+1/p-4. The average molecular weight is 334 g/mol. The molecule has 0 spiro atoms. The van der Waals surface area contributed by atoms with E-state index in [-0.39, 0.29) is 58.2 Å². The molecule has 6 heteroatoms. The van der Waals surface area contributed by atoms with Gasteiger partial charge in [-0.15, -0.1) is 0 Å². The van der Waals surface area contributed by atoms with Crippen LogP contribution in [-0.4, -0.2) is 0 Å². The Morgan fingerprint density at radius 1 is 0.833 bits per heavy atom. The van der Waals surface area contributed by atoms with Crippen LogP contribution in [0, 0.1) is 0 Å². The van der Waals surface area contributed by atoms with Crippen LogP contribution >= 0.6 is 38.1 Å². The maximum Gasteiger partial charge on any atom is 1.00 e. The zero-order valence-electron chi connectivity index (χ0n) is 2.83. The molecule has 0 saturated heterocycles. The second-order valence-electron chi connectivity index (χ2n) is 0.271. The Bertz CT molecular complexity index is 23.0. The van der Waals surface area contributed by atoms with E-state index in [1.165, 1.54) is 0 Å². The molecule has 0 aliphatic heterocycles. The van der Waals surface area contributed by atoms with Crippen LogP contribution in [0.5, 0.6) is 0 Å². The third kappa shape index (κ3) is 25.5. The van der Waals surface area contributed by atoms with Crippen LogP contribution in [0.4, 0.5) is 0 Å². The van der Waals surface area contributed by atoms with E-state index in [9.17, 15) is 0 Å². The number of hydrogen-bond acceptors (Lipinski definition) is 0. The van der Waals surface area contributed by atoms with Crippen molar-refractivity contribution in [3.63, 3.8) is 0 Å². The van der Waals surface area contributed by atoms with Crippen LogP contribution in [0.15, 0.2) is 0 Å². The predicted octanol–water partition coefficient (Wildman–Crippen LogP) is -0.241. The van der Waals surface area contributed by atoms with Gasteiger partial charge in [-0.3, -0.25) is 0 Å². The van der Waals surface area contributed by atoms with E-state index in [4.69, 9.17) is 38.1 Å².